The molecule has 54 heavy (non-hydrogen) atoms. The van der Waals surface area contributed by atoms with E-state index in [2.05, 4.69) is 18.2 Å². The third-order valence-electron chi connectivity index (χ3n) is 10.3. The first-order valence-corrected chi connectivity index (χ1v) is 26.3. The van der Waals surface area contributed by atoms with E-state index in [9.17, 15) is 20.4 Å². The van der Waals surface area contributed by atoms with Crippen molar-refractivity contribution in [3.63, 3.8) is 0 Å². The zero-order chi connectivity index (χ0) is 40.4. The molecule has 0 aromatic carbocycles. The molecule has 0 saturated heterocycles. The van der Waals surface area contributed by atoms with Crippen LogP contribution in [-0.4, -0.2) is 75.6 Å². The molecule has 0 fully saturated rings. The topological polar surface area (TPSA) is 171 Å². The lowest BCUT2D eigenvalue weighted by Gasteiger charge is -2.43. The zero-order valence-corrected chi connectivity index (χ0v) is 38.3. The minimum absolute atomic E-state index is 0.422. The third-order valence-corrected chi connectivity index (χ3v) is 14.8. The highest BCUT2D eigenvalue weighted by Gasteiger charge is 2.50. The first-order chi connectivity index (χ1) is 26.2. The molecule has 0 aliphatic rings. The molecule has 0 spiro atoms. The first-order valence-electron chi connectivity index (χ1n) is 22.0. The second-order valence-corrected chi connectivity index (χ2v) is 19.7. The SMILES string of the molecule is CCCCCCCCCCCCCCCCCCSC(O)(SCCCCCCCCCCCCCCCCCC)C(CO)(CO)CO.OP(O)OP(O)O. The van der Waals surface area contributed by atoms with Gasteiger partial charge in [0.25, 0.3) is 0 Å². The summed E-state index contributed by atoms with van der Waals surface area (Å²) in [6, 6.07) is 0. The van der Waals surface area contributed by atoms with E-state index in [0.29, 0.717) is 0 Å². The number of unbranched alkanes of at least 4 members (excludes halogenated alkanes) is 30. The molecule has 328 valence electrons. The summed E-state index contributed by atoms with van der Waals surface area (Å²) >= 11 is 2.84. The Kier molecular flexibility index (Phi) is 46.4. The van der Waals surface area contributed by atoms with Crippen LogP contribution in [0.2, 0.25) is 0 Å². The average molecular weight is 851 g/mol. The van der Waals surface area contributed by atoms with Crippen molar-refractivity contribution in [2.45, 2.75) is 224 Å². The molecule has 0 heterocycles. The van der Waals surface area contributed by atoms with Crippen molar-refractivity contribution < 1.29 is 44.3 Å². The van der Waals surface area contributed by atoms with Crippen LogP contribution in [0.15, 0.2) is 0 Å². The summed E-state index contributed by atoms with van der Waals surface area (Å²) in [7, 11) is -5.22. The van der Waals surface area contributed by atoms with Crippen molar-refractivity contribution in [1.29, 1.82) is 0 Å². The zero-order valence-electron chi connectivity index (χ0n) is 34.9. The van der Waals surface area contributed by atoms with Gasteiger partial charge in [0.05, 0.1) is 25.2 Å². The molecule has 0 aromatic heterocycles. The van der Waals surface area contributed by atoms with Crippen molar-refractivity contribution >= 4 is 40.7 Å². The molecule has 9 nitrogen and oxygen atoms in total. The highest BCUT2D eigenvalue weighted by Crippen LogP contribution is 2.49. The van der Waals surface area contributed by atoms with E-state index in [1.807, 2.05) is 0 Å². The molecular weight excluding hydrogens is 763 g/mol. The quantitative estimate of drug-likeness (QED) is 0.0167. The van der Waals surface area contributed by atoms with Crippen LogP contribution < -0.4 is 0 Å². The second-order valence-electron chi connectivity index (χ2n) is 15.2. The molecule has 0 saturated carbocycles. The summed E-state index contributed by atoms with van der Waals surface area (Å²) in [5.74, 6) is 1.56. The Hall–Kier alpha value is 1.20. The van der Waals surface area contributed by atoms with Crippen LogP contribution in [0.4, 0.5) is 0 Å². The average Bonchev–Trinajstić information content (AvgIpc) is 3.14. The van der Waals surface area contributed by atoms with Gasteiger partial charge in [0.15, 0.2) is 4.27 Å². The predicted octanol–water partition coefficient (Wildman–Crippen LogP) is 12.0. The van der Waals surface area contributed by atoms with E-state index in [1.54, 1.807) is 0 Å². The van der Waals surface area contributed by atoms with Crippen LogP contribution in [0.25, 0.3) is 0 Å². The molecular formula is C41H88O9P2S2. The van der Waals surface area contributed by atoms with Crippen LogP contribution in [0.1, 0.15) is 219 Å². The fourth-order valence-electron chi connectivity index (χ4n) is 6.58. The summed E-state index contributed by atoms with van der Waals surface area (Å²) in [5.41, 5.74) is -1.30. The van der Waals surface area contributed by atoms with Gasteiger partial charge in [0.1, 0.15) is 0 Å². The Morgan fingerprint density at radius 2 is 0.574 bits per heavy atom. The maximum Gasteiger partial charge on any atom is 0.334 e. The van der Waals surface area contributed by atoms with Gasteiger partial charge in [0.2, 0.25) is 0 Å². The van der Waals surface area contributed by atoms with Crippen LogP contribution in [-0.2, 0) is 4.31 Å². The standard InChI is InChI=1S/C41H84O4S2.H4O5P2/c1-3-5-7-9-11-13-15-17-19-21-23-25-27-29-31-33-35-46-41(45,40(37-42,38-43)39-44)47-36-34-32-30-28-26-24-22-20-18-16-14-12-10-8-6-4-2;1-6(2)5-7(3)4/h42-45H,3-39H2,1-2H3;1-4H. The van der Waals surface area contributed by atoms with E-state index in [4.69, 9.17) is 19.6 Å². The Morgan fingerprint density at radius 1 is 0.370 bits per heavy atom. The minimum Gasteiger partial charge on any atom is -0.395 e. The van der Waals surface area contributed by atoms with Gasteiger partial charge in [-0.05, 0) is 24.3 Å². The lowest BCUT2D eigenvalue weighted by Crippen LogP contribution is -2.52. The Morgan fingerprint density at radius 3 is 0.741 bits per heavy atom. The Labute approximate surface area is 344 Å². The third kappa shape index (κ3) is 36.3. The van der Waals surface area contributed by atoms with E-state index < -0.39 is 46.7 Å². The lowest BCUT2D eigenvalue weighted by atomic mass is 9.92. The van der Waals surface area contributed by atoms with Gasteiger partial charge < -0.3 is 40.0 Å². The molecule has 0 amide bonds. The van der Waals surface area contributed by atoms with Crippen molar-refractivity contribution in [1.82, 2.24) is 0 Å². The number of hydrogen-bond acceptors (Lipinski definition) is 11. The molecule has 0 unspecified atom stereocenters. The van der Waals surface area contributed by atoms with E-state index in [-0.39, 0.29) is 0 Å². The van der Waals surface area contributed by atoms with Crippen LogP contribution in [0.3, 0.4) is 0 Å². The predicted molar refractivity (Wildman–Crippen MR) is 236 cm³/mol. The summed E-state index contributed by atoms with van der Waals surface area (Å²) in [6.45, 7) is 3.30. The van der Waals surface area contributed by atoms with Crippen LogP contribution in [0, 0.1) is 5.41 Å². The molecule has 13 heteroatoms. The summed E-state index contributed by atoms with van der Waals surface area (Å²) in [4.78, 5) is 31.3. The Bertz CT molecular complexity index is 674. The van der Waals surface area contributed by atoms with Crippen molar-refractivity contribution in [3.8, 4) is 0 Å². The van der Waals surface area contributed by atoms with Gasteiger partial charge in [-0.2, -0.15) is 0 Å². The molecule has 0 bridgehead atoms. The minimum atomic E-state index is -2.61. The summed E-state index contributed by atoms with van der Waals surface area (Å²) in [6.07, 6.45) is 42.8. The first kappa shape index (κ1) is 57.3. The fourth-order valence-corrected chi connectivity index (χ4v) is 10.2. The number of aliphatic hydroxyl groups is 4. The van der Waals surface area contributed by atoms with Crippen molar-refractivity contribution in [2.24, 2.45) is 5.41 Å². The highest BCUT2D eigenvalue weighted by molar-refractivity contribution is 8.18. The van der Waals surface area contributed by atoms with E-state index in [1.165, 1.54) is 203 Å². The summed E-state index contributed by atoms with van der Waals surface area (Å²) < 4.78 is 2.22. The number of aliphatic hydroxyl groups excluding tert-OH is 3. The van der Waals surface area contributed by atoms with Gasteiger partial charge in [-0.25, -0.2) is 4.31 Å². The maximum absolute atomic E-state index is 11.6. The fraction of sp³-hybridized carbons (Fsp3) is 1.00. The smallest absolute Gasteiger partial charge is 0.334 e. The van der Waals surface area contributed by atoms with Gasteiger partial charge >= 0.3 is 17.2 Å². The second kappa shape index (κ2) is 43.8. The molecule has 0 aromatic rings. The monoisotopic (exact) mass is 851 g/mol. The van der Waals surface area contributed by atoms with Crippen molar-refractivity contribution in [2.75, 3.05) is 31.3 Å². The highest BCUT2D eigenvalue weighted by atomic mass is 32.2. The van der Waals surface area contributed by atoms with Gasteiger partial charge in [-0.1, -0.05) is 206 Å². The van der Waals surface area contributed by atoms with E-state index >= 15 is 0 Å². The molecule has 0 aliphatic heterocycles. The van der Waals surface area contributed by atoms with Gasteiger partial charge in [-0.3, -0.25) is 0 Å². The van der Waals surface area contributed by atoms with Crippen LogP contribution >= 0.6 is 40.7 Å². The lowest BCUT2D eigenvalue weighted by molar-refractivity contribution is -0.0617. The molecule has 8 N–H and O–H groups in total. The molecule has 0 aliphatic carbocycles. The number of rotatable bonds is 42. The van der Waals surface area contributed by atoms with Crippen LogP contribution in [0.5, 0.6) is 0 Å². The molecule has 0 radical (unpaired) electrons. The maximum atomic E-state index is 11.6. The van der Waals surface area contributed by atoms with Crippen molar-refractivity contribution in [3.05, 3.63) is 0 Å². The number of thioether (sulfide) groups is 2. The normalized spacial score (nSPS) is 12.2. The summed E-state index contributed by atoms with van der Waals surface area (Å²) in [5, 5.41) is 41.9. The van der Waals surface area contributed by atoms with Gasteiger partial charge in [-0.15, -0.1) is 23.5 Å². The Balaban J connectivity index is 0. The number of hydrogen-bond donors (Lipinski definition) is 8. The molecule has 0 rings (SSSR count). The largest absolute Gasteiger partial charge is 0.395 e. The molecule has 0 atom stereocenters. The van der Waals surface area contributed by atoms with E-state index in [0.717, 1.165) is 37.2 Å². The van der Waals surface area contributed by atoms with Gasteiger partial charge in [0, 0.05) is 0 Å².